The van der Waals surface area contributed by atoms with Crippen LogP contribution in [0, 0.1) is 0 Å². The molecule has 0 aromatic heterocycles. The van der Waals surface area contributed by atoms with E-state index >= 15 is 0 Å². The van der Waals surface area contributed by atoms with Crippen LogP contribution in [0.2, 0.25) is 31.4 Å². The summed E-state index contributed by atoms with van der Waals surface area (Å²) in [6.45, 7) is 12.4. The quantitative estimate of drug-likeness (QED) is 0.207. The number of benzene rings is 2. The molecule has 1 aliphatic carbocycles. The number of halogens is 1. The van der Waals surface area contributed by atoms with E-state index in [1.165, 1.54) is 38.6 Å². The molecule has 0 heterocycles. The van der Waals surface area contributed by atoms with Crippen LogP contribution in [0.5, 0.6) is 0 Å². The molecule has 2 aromatic rings. The van der Waals surface area contributed by atoms with Crippen LogP contribution in [0.15, 0.2) is 81.3 Å². The summed E-state index contributed by atoms with van der Waals surface area (Å²) in [7, 11) is -3.38. The number of hydrogen-bond donors (Lipinski definition) is 0. The molecule has 165 valence electrons. The second kappa shape index (κ2) is 11.1. The first-order valence-corrected chi connectivity index (χ1v) is 23.6. The van der Waals surface area contributed by atoms with Gasteiger partial charge in [0.2, 0.25) is 0 Å². The average Bonchev–Trinajstić information content (AvgIpc) is 3.23. The maximum atomic E-state index is 7.17. The van der Waals surface area contributed by atoms with Gasteiger partial charge in [-0.05, 0) is 0 Å². The molecule has 31 heavy (non-hydrogen) atoms. The summed E-state index contributed by atoms with van der Waals surface area (Å²) in [5, 5.41) is 2.52. The summed E-state index contributed by atoms with van der Waals surface area (Å²) >= 11 is 5.26. The third-order valence-electron chi connectivity index (χ3n) is 6.85. The predicted molar refractivity (Wildman–Crippen MR) is 141 cm³/mol. The van der Waals surface area contributed by atoms with E-state index in [4.69, 9.17) is 11.1 Å². The SMILES string of the molecule is CCCC([Si](C)(C)Cl)[Si](C)(C)C1=[C]([Zr]([CH2]c2ccccc2)[CH2]c2ccccc2)CC=C1. The van der Waals surface area contributed by atoms with Crippen molar-refractivity contribution in [1.29, 1.82) is 0 Å². The van der Waals surface area contributed by atoms with Crippen molar-refractivity contribution < 1.29 is 21.8 Å². The minimum atomic E-state index is -1.91. The molecule has 0 amide bonds. The zero-order valence-electron chi connectivity index (χ0n) is 19.9. The van der Waals surface area contributed by atoms with Gasteiger partial charge in [0.1, 0.15) is 0 Å². The van der Waals surface area contributed by atoms with Gasteiger partial charge >= 0.3 is 207 Å². The first-order valence-electron chi connectivity index (χ1n) is 11.8. The number of rotatable bonds is 10. The molecular formula is C27H38ClSi2Zr. The van der Waals surface area contributed by atoms with Gasteiger partial charge in [-0.3, -0.25) is 0 Å². The summed E-state index contributed by atoms with van der Waals surface area (Å²) in [6, 6.07) is 22.5. The van der Waals surface area contributed by atoms with Crippen molar-refractivity contribution in [3.63, 3.8) is 0 Å². The van der Waals surface area contributed by atoms with Gasteiger partial charge in [-0.1, -0.05) is 0 Å². The molecule has 0 spiro atoms. The van der Waals surface area contributed by atoms with Gasteiger partial charge in [0.15, 0.2) is 0 Å². The topological polar surface area (TPSA) is 0 Å². The van der Waals surface area contributed by atoms with Crippen molar-refractivity contribution >= 4 is 26.5 Å². The second-order valence-electron chi connectivity index (χ2n) is 10.1. The summed E-state index contributed by atoms with van der Waals surface area (Å²) in [5.41, 5.74) is 3.06. The van der Waals surface area contributed by atoms with Gasteiger partial charge in [-0.2, -0.15) is 0 Å². The Hall–Kier alpha value is -0.473. The van der Waals surface area contributed by atoms with Gasteiger partial charge in [-0.15, -0.1) is 0 Å². The van der Waals surface area contributed by atoms with Crippen molar-refractivity contribution in [3.05, 3.63) is 92.4 Å². The molecule has 0 N–H and O–H groups in total. The minimum absolute atomic E-state index is 0.734. The third-order valence-corrected chi connectivity index (χ3v) is 26.3. The summed E-state index contributed by atoms with van der Waals surface area (Å²) in [4.78, 5) is 0. The molecule has 2 aromatic carbocycles. The van der Waals surface area contributed by atoms with E-state index < -0.39 is 37.2 Å². The van der Waals surface area contributed by atoms with E-state index in [0.29, 0.717) is 0 Å². The molecule has 0 fully saturated rings. The first kappa shape index (κ1) is 25.2. The maximum absolute atomic E-state index is 7.17. The van der Waals surface area contributed by atoms with E-state index in [0.717, 1.165) is 5.16 Å². The van der Waals surface area contributed by atoms with Crippen LogP contribution in [0.25, 0.3) is 0 Å². The summed E-state index contributed by atoms with van der Waals surface area (Å²) in [5.74, 6) is 0. The van der Waals surface area contributed by atoms with E-state index in [2.05, 4.69) is 106 Å². The normalized spacial score (nSPS) is 15.4. The van der Waals surface area contributed by atoms with Crippen molar-refractivity contribution in [2.75, 3.05) is 0 Å². The second-order valence-corrected chi connectivity index (χ2v) is 28.2. The van der Waals surface area contributed by atoms with Crippen molar-refractivity contribution in [3.8, 4) is 0 Å². The standard InChI is InChI=1S/C13H24ClSi2.2C7H7.Zr/c1-6-9-13(16(4,5)14)15(2,3)12-10-7-8-11-12;2*1-7-5-3-2-4-6-7;/h7,10,13H,6,8-9H2,1-5H3;2*2-6H,1H2;. The number of hydrogen-bond acceptors (Lipinski definition) is 0. The fourth-order valence-electron chi connectivity index (χ4n) is 5.44. The Bertz CT molecular complexity index is 856. The molecule has 1 unspecified atom stereocenters. The molecule has 0 nitrogen and oxygen atoms in total. The molecule has 0 saturated heterocycles. The van der Waals surface area contributed by atoms with E-state index in [-0.39, 0.29) is 0 Å². The van der Waals surface area contributed by atoms with E-state index in [1.807, 2.05) is 3.28 Å². The van der Waals surface area contributed by atoms with Crippen LogP contribution in [-0.4, -0.2) is 15.5 Å². The fourth-order valence-corrected chi connectivity index (χ4v) is 29.8. The van der Waals surface area contributed by atoms with Gasteiger partial charge < -0.3 is 0 Å². The van der Waals surface area contributed by atoms with E-state index in [1.54, 1.807) is 5.20 Å². The van der Waals surface area contributed by atoms with Gasteiger partial charge in [0, 0.05) is 0 Å². The molecule has 0 bridgehead atoms. The van der Waals surface area contributed by atoms with Gasteiger partial charge in [-0.25, -0.2) is 0 Å². The predicted octanol–water partition coefficient (Wildman–Crippen LogP) is 8.62. The molecule has 0 aliphatic heterocycles. The number of allylic oxidation sites excluding steroid dienone is 4. The molecule has 1 atom stereocenters. The van der Waals surface area contributed by atoms with Crippen LogP contribution in [0.4, 0.5) is 0 Å². The Morgan fingerprint density at radius 2 is 1.39 bits per heavy atom. The van der Waals surface area contributed by atoms with Crippen LogP contribution in [-0.2, 0) is 30.0 Å². The monoisotopic (exact) mass is 543 g/mol. The molecule has 0 saturated carbocycles. The fraction of sp³-hybridized carbons (Fsp3) is 0.407. The van der Waals surface area contributed by atoms with Gasteiger partial charge in [0.05, 0.1) is 0 Å². The Kier molecular flexibility index (Phi) is 9.01. The zero-order chi connectivity index (χ0) is 22.5. The molecular weight excluding hydrogens is 507 g/mol. The van der Waals surface area contributed by atoms with E-state index in [9.17, 15) is 0 Å². The van der Waals surface area contributed by atoms with Crippen LogP contribution < -0.4 is 0 Å². The van der Waals surface area contributed by atoms with Crippen molar-refractivity contribution in [2.24, 2.45) is 0 Å². The van der Waals surface area contributed by atoms with Crippen LogP contribution in [0.1, 0.15) is 37.3 Å². The summed E-state index contributed by atoms with van der Waals surface area (Å²) < 4.78 is 4.51. The Balaban J connectivity index is 2.02. The Morgan fingerprint density at radius 1 is 0.871 bits per heavy atom. The molecule has 3 rings (SSSR count). The van der Waals surface area contributed by atoms with Crippen LogP contribution in [0.3, 0.4) is 0 Å². The Morgan fingerprint density at radius 3 is 1.84 bits per heavy atom. The average molecular weight is 545 g/mol. The van der Waals surface area contributed by atoms with Gasteiger partial charge in [0.25, 0.3) is 0 Å². The Labute approximate surface area is 205 Å². The van der Waals surface area contributed by atoms with Crippen molar-refractivity contribution in [2.45, 2.75) is 65.8 Å². The summed E-state index contributed by atoms with van der Waals surface area (Å²) in [6.07, 6.45) is 8.75. The first-order chi connectivity index (χ1) is 14.7. The molecule has 4 heteroatoms. The molecule has 0 radical (unpaired) electrons. The molecule has 1 aliphatic rings. The zero-order valence-corrected chi connectivity index (χ0v) is 25.1. The van der Waals surface area contributed by atoms with Crippen LogP contribution >= 0.6 is 11.1 Å². The third kappa shape index (κ3) is 6.53. The van der Waals surface area contributed by atoms with Crippen molar-refractivity contribution in [1.82, 2.24) is 0 Å².